The molecule has 0 amide bonds. The van der Waals surface area contributed by atoms with E-state index in [2.05, 4.69) is 18.8 Å². The minimum Gasteiger partial charge on any atom is -0.295 e. The summed E-state index contributed by atoms with van der Waals surface area (Å²) in [6.07, 6.45) is 5.57. The SMILES string of the molecule is CC=NC(CC)CCC. The maximum Gasteiger partial charge on any atom is 0.0492 e. The van der Waals surface area contributed by atoms with Crippen LogP contribution in [-0.2, 0) is 0 Å². The Labute approximate surface area is 58.2 Å². The molecule has 0 aromatic rings. The topological polar surface area (TPSA) is 12.4 Å². The zero-order valence-electron chi connectivity index (χ0n) is 6.72. The van der Waals surface area contributed by atoms with E-state index in [0.717, 1.165) is 0 Å². The van der Waals surface area contributed by atoms with Gasteiger partial charge in [-0.2, -0.15) is 0 Å². The third-order valence-corrected chi connectivity index (χ3v) is 1.45. The fraction of sp³-hybridized carbons (Fsp3) is 0.875. The van der Waals surface area contributed by atoms with Crippen molar-refractivity contribution in [2.24, 2.45) is 4.99 Å². The lowest BCUT2D eigenvalue weighted by Gasteiger charge is -2.05. The van der Waals surface area contributed by atoms with Crippen molar-refractivity contribution < 1.29 is 0 Å². The van der Waals surface area contributed by atoms with Gasteiger partial charge in [0.15, 0.2) is 0 Å². The molecular weight excluding hydrogens is 110 g/mol. The molecule has 0 saturated heterocycles. The lowest BCUT2D eigenvalue weighted by molar-refractivity contribution is 0.591. The summed E-state index contributed by atoms with van der Waals surface area (Å²) in [7, 11) is 0. The van der Waals surface area contributed by atoms with E-state index in [0.29, 0.717) is 6.04 Å². The van der Waals surface area contributed by atoms with Crippen molar-refractivity contribution in [1.82, 2.24) is 0 Å². The van der Waals surface area contributed by atoms with Crippen molar-refractivity contribution in [2.45, 2.75) is 46.1 Å². The normalized spacial score (nSPS) is 14.6. The van der Waals surface area contributed by atoms with Crippen molar-refractivity contribution in [3.8, 4) is 0 Å². The van der Waals surface area contributed by atoms with Crippen LogP contribution in [0.3, 0.4) is 0 Å². The average molecular weight is 127 g/mol. The van der Waals surface area contributed by atoms with E-state index in [1.165, 1.54) is 19.3 Å². The fourth-order valence-electron chi connectivity index (χ4n) is 0.928. The predicted molar refractivity (Wildman–Crippen MR) is 43.2 cm³/mol. The highest BCUT2D eigenvalue weighted by Crippen LogP contribution is 2.04. The first-order chi connectivity index (χ1) is 4.35. The number of rotatable bonds is 4. The van der Waals surface area contributed by atoms with Crippen LogP contribution in [-0.4, -0.2) is 12.3 Å². The fourth-order valence-corrected chi connectivity index (χ4v) is 0.928. The van der Waals surface area contributed by atoms with Crippen molar-refractivity contribution in [2.75, 3.05) is 0 Å². The Morgan fingerprint density at radius 1 is 1.44 bits per heavy atom. The monoisotopic (exact) mass is 127 g/mol. The summed E-state index contributed by atoms with van der Waals surface area (Å²) in [5, 5.41) is 0. The molecule has 0 radical (unpaired) electrons. The molecule has 0 saturated carbocycles. The quantitative estimate of drug-likeness (QED) is 0.515. The van der Waals surface area contributed by atoms with E-state index < -0.39 is 0 Å². The van der Waals surface area contributed by atoms with Crippen LogP contribution in [0.25, 0.3) is 0 Å². The molecule has 9 heavy (non-hydrogen) atoms. The molecule has 1 nitrogen and oxygen atoms in total. The predicted octanol–water partition coefficient (Wildman–Crippen LogP) is 2.66. The second kappa shape index (κ2) is 5.80. The molecule has 0 bridgehead atoms. The van der Waals surface area contributed by atoms with E-state index in [1.807, 2.05) is 13.1 Å². The molecule has 0 aromatic heterocycles. The first-order valence-corrected chi connectivity index (χ1v) is 3.82. The second-order valence-corrected chi connectivity index (χ2v) is 2.26. The van der Waals surface area contributed by atoms with Gasteiger partial charge >= 0.3 is 0 Å². The number of hydrogen-bond acceptors (Lipinski definition) is 1. The largest absolute Gasteiger partial charge is 0.295 e. The van der Waals surface area contributed by atoms with Gasteiger partial charge < -0.3 is 0 Å². The van der Waals surface area contributed by atoms with Crippen LogP contribution < -0.4 is 0 Å². The van der Waals surface area contributed by atoms with Gasteiger partial charge in [-0.05, 0) is 26.0 Å². The van der Waals surface area contributed by atoms with Crippen molar-refractivity contribution in [3.63, 3.8) is 0 Å². The van der Waals surface area contributed by atoms with Gasteiger partial charge in [-0.1, -0.05) is 20.3 Å². The lowest BCUT2D eigenvalue weighted by atomic mass is 10.1. The number of hydrogen-bond donors (Lipinski definition) is 0. The molecule has 0 aliphatic rings. The summed E-state index contributed by atoms with van der Waals surface area (Å²) >= 11 is 0. The van der Waals surface area contributed by atoms with Gasteiger partial charge in [0.2, 0.25) is 0 Å². The molecule has 1 heteroatoms. The molecule has 0 N–H and O–H groups in total. The first-order valence-electron chi connectivity index (χ1n) is 3.82. The van der Waals surface area contributed by atoms with Crippen LogP contribution in [0.1, 0.15) is 40.0 Å². The Bertz CT molecular complexity index is 76.6. The molecule has 1 atom stereocenters. The summed E-state index contributed by atoms with van der Waals surface area (Å²) in [5.74, 6) is 0. The summed E-state index contributed by atoms with van der Waals surface area (Å²) in [5.41, 5.74) is 0. The molecule has 0 spiro atoms. The van der Waals surface area contributed by atoms with Crippen LogP contribution in [0.4, 0.5) is 0 Å². The molecular formula is C8H17N. The van der Waals surface area contributed by atoms with Crippen LogP contribution in [0, 0.1) is 0 Å². The molecule has 0 rings (SSSR count). The van der Waals surface area contributed by atoms with Crippen LogP contribution in [0.5, 0.6) is 0 Å². The van der Waals surface area contributed by atoms with E-state index in [1.54, 1.807) is 0 Å². The van der Waals surface area contributed by atoms with Gasteiger partial charge in [-0.3, -0.25) is 4.99 Å². The van der Waals surface area contributed by atoms with Crippen LogP contribution in [0.15, 0.2) is 4.99 Å². The van der Waals surface area contributed by atoms with Crippen molar-refractivity contribution >= 4 is 6.21 Å². The lowest BCUT2D eigenvalue weighted by Crippen LogP contribution is -2.00. The average Bonchev–Trinajstić information content (AvgIpc) is 1.88. The summed E-state index contributed by atoms with van der Waals surface area (Å²) in [6.45, 7) is 6.37. The molecule has 54 valence electrons. The molecule has 0 fully saturated rings. The minimum absolute atomic E-state index is 0.583. The third-order valence-electron chi connectivity index (χ3n) is 1.45. The van der Waals surface area contributed by atoms with E-state index in [4.69, 9.17) is 0 Å². The first kappa shape index (κ1) is 8.67. The highest BCUT2D eigenvalue weighted by atomic mass is 14.8. The van der Waals surface area contributed by atoms with Crippen molar-refractivity contribution in [1.29, 1.82) is 0 Å². The molecule has 0 aromatic carbocycles. The zero-order valence-corrected chi connectivity index (χ0v) is 6.72. The maximum absolute atomic E-state index is 4.31. The van der Waals surface area contributed by atoms with Gasteiger partial charge in [0.25, 0.3) is 0 Å². The van der Waals surface area contributed by atoms with Gasteiger partial charge in [0.05, 0.1) is 0 Å². The molecule has 1 unspecified atom stereocenters. The Balaban J connectivity index is 3.41. The Morgan fingerprint density at radius 2 is 2.11 bits per heavy atom. The number of aliphatic imine (C=N–C) groups is 1. The smallest absolute Gasteiger partial charge is 0.0492 e. The highest BCUT2D eigenvalue weighted by Gasteiger charge is 1.97. The zero-order chi connectivity index (χ0) is 7.11. The Kier molecular flexibility index (Phi) is 5.59. The van der Waals surface area contributed by atoms with E-state index in [-0.39, 0.29) is 0 Å². The van der Waals surface area contributed by atoms with Gasteiger partial charge in [-0.25, -0.2) is 0 Å². The van der Waals surface area contributed by atoms with Crippen LogP contribution >= 0.6 is 0 Å². The third kappa shape index (κ3) is 4.19. The Hall–Kier alpha value is -0.330. The summed E-state index contributed by atoms with van der Waals surface area (Å²) < 4.78 is 0. The van der Waals surface area contributed by atoms with Crippen LogP contribution in [0.2, 0.25) is 0 Å². The van der Waals surface area contributed by atoms with E-state index in [9.17, 15) is 0 Å². The summed E-state index contributed by atoms with van der Waals surface area (Å²) in [4.78, 5) is 4.31. The van der Waals surface area contributed by atoms with Gasteiger partial charge in [-0.15, -0.1) is 0 Å². The standard InChI is InChI=1S/C8H17N/c1-4-7-8(5-2)9-6-3/h6,8H,4-5,7H2,1-3H3. The van der Waals surface area contributed by atoms with Crippen molar-refractivity contribution in [3.05, 3.63) is 0 Å². The summed E-state index contributed by atoms with van der Waals surface area (Å²) in [6, 6.07) is 0.583. The maximum atomic E-state index is 4.31. The second-order valence-electron chi connectivity index (χ2n) is 2.26. The Morgan fingerprint density at radius 3 is 2.44 bits per heavy atom. The van der Waals surface area contributed by atoms with Gasteiger partial charge in [0, 0.05) is 6.04 Å². The minimum atomic E-state index is 0.583. The van der Waals surface area contributed by atoms with Gasteiger partial charge in [0.1, 0.15) is 0 Å². The molecule has 0 heterocycles. The molecule has 0 aliphatic heterocycles. The number of nitrogens with zero attached hydrogens (tertiary/aromatic N) is 1. The molecule has 0 aliphatic carbocycles. The van der Waals surface area contributed by atoms with E-state index >= 15 is 0 Å². The highest BCUT2D eigenvalue weighted by molar-refractivity contribution is 5.53.